The molecule has 0 spiro atoms. The number of rotatable bonds is 7. The van der Waals surface area contributed by atoms with Crippen LogP contribution in [0.2, 0.25) is 0 Å². The standard InChI is InChI=1S/C23H21N3O4S/c1-29-18-9-8-16(10-19(18)30-2)17-13-31-22-21(17)23(28)26(14-25-22)12-20(27)24-11-15-6-4-3-5-7-15/h3-10,13-14H,11-12H2,1-2H3,(H,24,27). The SMILES string of the molecule is COc1ccc(-c2csc3ncn(CC(=O)NCc4ccccc4)c(=O)c23)cc1OC. The molecule has 0 saturated carbocycles. The number of benzene rings is 2. The Labute approximate surface area is 182 Å². The molecule has 4 aromatic rings. The second-order valence-corrected chi connectivity index (χ2v) is 7.70. The summed E-state index contributed by atoms with van der Waals surface area (Å²) in [7, 11) is 3.14. The summed E-state index contributed by atoms with van der Waals surface area (Å²) >= 11 is 1.38. The van der Waals surface area contributed by atoms with E-state index in [1.165, 1.54) is 22.2 Å². The van der Waals surface area contributed by atoms with Gasteiger partial charge in [0.15, 0.2) is 11.5 Å². The molecule has 0 fully saturated rings. The summed E-state index contributed by atoms with van der Waals surface area (Å²) in [5.41, 5.74) is 2.29. The number of aromatic nitrogens is 2. The summed E-state index contributed by atoms with van der Waals surface area (Å²) in [6.45, 7) is 0.301. The lowest BCUT2D eigenvalue weighted by atomic mass is 10.1. The molecule has 2 aromatic heterocycles. The van der Waals surface area contributed by atoms with Gasteiger partial charge >= 0.3 is 0 Å². The maximum absolute atomic E-state index is 13.2. The third-order valence-electron chi connectivity index (χ3n) is 4.90. The van der Waals surface area contributed by atoms with Crippen LogP contribution in [0.5, 0.6) is 11.5 Å². The van der Waals surface area contributed by atoms with E-state index in [1.807, 2.05) is 47.8 Å². The van der Waals surface area contributed by atoms with Crippen molar-refractivity contribution in [2.75, 3.05) is 14.2 Å². The highest BCUT2D eigenvalue weighted by Crippen LogP contribution is 2.36. The van der Waals surface area contributed by atoms with E-state index in [9.17, 15) is 9.59 Å². The van der Waals surface area contributed by atoms with Crippen LogP contribution in [0, 0.1) is 0 Å². The van der Waals surface area contributed by atoms with Crippen LogP contribution in [0.3, 0.4) is 0 Å². The van der Waals surface area contributed by atoms with Crippen molar-refractivity contribution in [3.8, 4) is 22.6 Å². The van der Waals surface area contributed by atoms with E-state index in [0.717, 1.165) is 16.7 Å². The Morgan fingerprint density at radius 3 is 2.61 bits per heavy atom. The van der Waals surface area contributed by atoms with Gasteiger partial charge in [-0.2, -0.15) is 0 Å². The van der Waals surface area contributed by atoms with Gasteiger partial charge in [0.05, 0.1) is 25.9 Å². The fourth-order valence-corrected chi connectivity index (χ4v) is 4.21. The van der Waals surface area contributed by atoms with Crippen LogP contribution >= 0.6 is 11.3 Å². The minimum absolute atomic E-state index is 0.101. The number of amides is 1. The largest absolute Gasteiger partial charge is 0.493 e. The summed E-state index contributed by atoms with van der Waals surface area (Å²) in [6.07, 6.45) is 1.42. The lowest BCUT2D eigenvalue weighted by Crippen LogP contribution is -2.32. The highest BCUT2D eigenvalue weighted by Gasteiger charge is 2.16. The summed E-state index contributed by atoms with van der Waals surface area (Å²) in [6, 6.07) is 15.1. The lowest BCUT2D eigenvalue weighted by Gasteiger charge is -2.10. The van der Waals surface area contributed by atoms with Crippen LogP contribution in [0.1, 0.15) is 5.56 Å². The van der Waals surface area contributed by atoms with E-state index in [2.05, 4.69) is 10.3 Å². The van der Waals surface area contributed by atoms with Crippen molar-refractivity contribution >= 4 is 27.5 Å². The highest BCUT2D eigenvalue weighted by molar-refractivity contribution is 7.17. The molecule has 2 aromatic carbocycles. The van der Waals surface area contributed by atoms with E-state index in [1.54, 1.807) is 20.3 Å². The molecule has 0 atom stereocenters. The molecular weight excluding hydrogens is 414 g/mol. The molecule has 0 radical (unpaired) electrons. The first-order valence-corrected chi connectivity index (χ1v) is 10.5. The van der Waals surface area contributed by atoms with Crippen molar-refractivity contribution in [2.24, 2.45) is 0 Å². The van der Waals surface area contributed by atoms with Crippen molar-refractivity contribution in [3.05, 3.63) is 76.2 Å². The molecule has 1 amide bonds. The Morgan fingerprint density at radius 2 is 1.87 bits per heavy atom. The molecule has 0 bridgehead atoms. The van der Waals surface area contributed by atoms with Crippen LogP contribution in [0.25, 0.3) is 21.3 Å². The maximum atomic E-state index is 13.2. The van der Waals surface area contributed by atoms with Gasteiger partial charge in [-0.25, -0.2) is 4.98 Å². The van der Waals surface area contributed by atoms with Gasteiger partial charge in [-0.15, -0.1) is 11.3 Å². The summed E-state index contributed by atoms with van der Waals surface area (Å²) in [4.78, 5) is 30.6. The normalized spacial score (nSPS) is 10.8. The molecule has 158 valence electrons. The van der Waals surface area contributed by atoms with Gasteiger partial charge in [0.1, 0.15) is 11.4 Å². The summed E-state index contributed by atoms with van der Waals surface area (Å²) in [5, 5.41) is 5.21. The number of thiophene rings is 1. The molecule has 8 heteroatoms. The minimum atomic E-state index is -0.258. The van der Waals surface area contributed by atoms with Crippen LogP contribution in [0.4, 0.5) is 0 Å². The van der Waals surface area contributed by atoms with Gasteiger partial charge in [0, 0.05) is 17.5 Å². The second kappa shape index (κ2) is 9.01. The van der Waals surface area contributed by atoms with Gasteiger partial charge in [-0.1, -0.05) is 36.4 Å². The predicted molar refractivity (Wildman–Crippen MR) is 121 cm³/mol. The summed E-state index contributed by atoms with van der Waals surface area (Å²) < 4.78 is 12.0. The number of carbonyl (C=O) groups is 1. The molecule has 0 unspecified atom stereocenters. The second-order valence-electron chi connectivity index (χ2n) is 6.84. The van der Waals surface area contributed by atoms with Crippen LogP contribution in [-0.4, -0.2) is 29.7 Å². The number of nitrogens with zero attached hydrogens (tertiary/aromatic N) is 2. The van der Waals surface area contributed by atoms with Crippen molar-refractivity contribution in [1.82, 2.24) is 14.9 Å². The Balaban J connectivity index is 1.62. The van der Waals surface area contributed by atoms with E-state index in [4.69, 9.17) is 9.47 Å². The fourth-order valence-electron chi connectivity index (χ4n) is 3.30. The zero-order chi connectivity index (χ0) is 21.8. The molecular formula is C23H21N3O4S. The number of fused-ring (bicyclic) bond motifs is 1. The molecule has 7 nitrogen and oxygen atoms in total. The number of carbonyl (C=O) groups excluding carboxylic acids is 1. The van der Waals surface area contributed by atoms with Crippen molar-refractivity contribution in [2.45, 2.75) is 13.1 Å². The minimum Gasteiger partial charge on any atom is -0.493 e. The van der Waals surface area contributed by atoms with Crippen LogP contribution in [0.15, 0.2) is 65.0 Å². The highest BCUT2D eigenvalue weighted by atomic mass is 32.1. The third-order valence-corrected chi connectivity index (χ3v) is 5.79. The number of hydrogen-bond donors (Lipinski definition) is 1. The Hall–Kier alpha value is -3.65. The van der Waals surface area contributed by atoms with Crippen molar-refractivity contribution in [1.29, 1.82) is 0 Å². The topological polar surface area (TPSA) is 82.5 Å². The predicted octanol–water partition coefficient (Wildman–Crippen LogP) is 3.46. The quantitative estimate of drug-likeness (QED) is 0.481. The average molecular weight is 436 g/mol. The molecule has 31 heavy (non-hydrogen) atoms. The van der Waals surface area contributed by atoms with Gasteiger partial charge in [0.25, 0.3) is 5.56 Å². The first kappa shape index (κ1) is 20.6. The van der Waals surface area contributed by atoms with E-state index < -0.39 is 0 Å². The van der Waals surface area contributed by atoms with Gasteiger partial charge in [-0.05, 0) is 23.3 Å². The Morgan fingerprint density at radius 1 is 1.10 bits per heavy atom. The monoisotopic (exact) mass is 435 g/mol. The van der Waals surface area contributed by atoms with Gasteiger partial charge < -0.3 is 14.8 Å². The van der Waals surface area contributed by atoms with Gasteiger partial charge in [-0.3, -0.25) is 14.2 Å². The fraction of sp³-hybridized carbons (Fsp3) is 0.174. The average Bonchev–Trinajstić information content (AvgIpc) is 3.24. The van der Waals surface area contributed by atoms with Gasteiger partial charge in [0.2, 0.25) is 5.91 Å². The first-order valence-electron chi connectivity index (χ1n) is 9.60. The van der Waals surface area contributed by atoms with E-state index in [0.29, 0.717) is 28.3 Å². The number of nitrogens with one attached hydrogen (secondary N) is 1. The van der Waals surface area contributed by atoms with Crippen molar-refractivity contribution < 1.29 is 14.3 Å². The first-order chi connectivity index (χ1) is 15.1. The molecule has 4 rings (SSSR count). The lowest BCUT2D eigenvalue weighted by molar-refractivity contribution is -0.121. The number of hydrogen-bond acceptors (Lipinski definition) is 6. The zero-order valence-corrected chi connectivity index (χ0v) is 17.9. The third kappa shape index (κ3) is 4.29. The molecule has 1 N–H and O–H groups in total. The number of methoxy groups -OCH3 is 2. The van der Waals surface area contributed by atoms with E-state index >= 15 is 0 Å². The van der Waals surface area contributed by atoms with Crippen LogP contribution in [-0.2, 0) is 17.9 Å². The smallest absolute Gasteiger partial charge is 0.263 e. The Kier molecular flexibility index (Phi) is 5.99. The molecule has 0 aliphatic carbocycles. The molecule has 0 aliphatic rings. The van der Waals surface area contributed by atoms with Crippen molar-refractivity contribution in [3.63, 3.8) is 0 Å². The van der Waals surface area contributed by atoms with Crippen LogP contribution < -0.4 is 20.3 Å². The number of ether oxygens (including phenoxy) is 2. The molecule has 0 aliphatic heterocycles. The summed E-state index contributed by atoms with van der Waals surface area (Å²) in [5.74, 6) is 0.926. The Bertz CT molecular complexity index is 1280. The maximum Gasteiger partial charge on any atom is 0.263 e. The zero-order valence-electron chi connectivity index (χ0n) is 17.1. The molecule has 2 heterocycles. The van der Waals surface area contributed by atoms with E-state index in [-0.39, 0.29) is 18.0 Å². The molecule has 0 saturated heterocycles.